The largest absolute Gasteiger partial charge is 0.465 e. The monoisotopic (exact) mass is 311 g/mol. The molecule has 2 aliphatic rings. The van der Waals surface area contributed by atoms with Gasteiger partial charge in [0.2, 0.25) is 5.91 Å². The Morgan fingerprint density at radius 2 is 1.73 bits per heavy atom. The van der Waals surface area contributed by atoms with E-state index in [1.54, 1.807) is 0 Å². The molecule has 6 heteroatoms. The highest BCUT2D eigenvalue weighted by Crippen LogP contribution is 2.33. The number of carbonyl (C=O) groups is 2. The number of piperidine rings is 1. The Balaban J connectivity index is 1.81. The Morgan fingerprint density at radius 1 is 1.18 bits per heavy atom. The molecule has 1 saturated carbocycles. The number of nitrogens with zero attached hydrogens (tertiary/aromatic N) is 1. The number of nitrogens with two attached hydrogens (primary N) is 1. The van der Waals surface area contributed by atoms with Crippen LogP contribution in [0.1, 0.15) is 52.4 Å². The highest BCUT2D eigenvalue weighted by Gasteiger charge is 2.36. The van der Waals surface area contributed by atoms with Crippen molar-refractivity contribution >= 4 is 12.0 Å². The summed E-state index contributed by atoms with van der Waals surface area (Å²) in [5, 5.41) is 11.9. The van der Waals surface area contributed by atoms with Gasteiger partial charge in [-0.25, -0.2) is 4.79 Å². The molecule has 0 aromatic heterocycles. The number of likely N-dealkylation sites (tertiary alicyclic amines) is 1. The van der Waals surface area contributed by atoms with E-state index in [2.05, 4.69) is 19.2 Å². The van der Waals surface area contributed by atoms with Gasteiger partial charge in [0.25, 0.3) is 0 Å². The van der Waals surface area contributed by atoms with Gasteiger partial charge >= 0.3 is 6.09 Å². The normalized spacial score (nSPS) is 28.5. The van der Waals surface area contributed by atoms with Gasteiger partial charge in [0.1, 0.15) is 0 Å². The van der Waals surface area contributed by atoms with E-state index in [0.717, 1.165) is 31.6 Å². The maximum absolute atomic E-state index is 12.4. The van der Waals surface area contributed by atoms with Crippen LogP contribution in [-0.4, -0.2) is 40.8 Å². The molecule has 1 aliphatic carbocycles. The van der Waals surface area contributed by atoms with Crippen LogP contribution >= 0.6 is 0 Å². The fourth-order valence-corrected chi connectivity index (χ4v) is 3.62. The standard InChI is InChI=1S/C16H29N3O3/c1-11(2)12-3-5-13(6-4-12)14(20)18-16(17)7-9-19(10-8-16)15(21)22/h11-13H,3-10,17H2,1-2H3,(H,18,20)(H,21,22). The van der Waals surface area contributed by atoms with Crippen molar-refractivity contribution in [3.63, 3.8) is 0 Å². The highest BCUT2D eigenvalue weighted by molar-refractivity contribution is 5.79. The second kappa shape index (κ2) is 6.86. The van der Waals surface area contributed by atoms with Crippen molar-refractivity contribution in [3.8, 4) is 0 Å². The van der Waals surface area contributed by atoms with Crippen molar-refractivity contribution in [2.24, 2.45) is 23.5 Å². The van der Waals surface area contributed by atoms with E-state index >= 15 is 0 Å². The highest BCUT2D eigenvalue weighted by atomic mass is 16.4. The minimum absolute atomic E-state index is 0.0495. The van der Waals surface area contributed by atoms with Crippen molar-refractivity contribution in [1.82, 2.24) is 10.2 Å². The third-order valence-electron chi connectivity index (χ3n) is 5.38. The first kappa shape index (κ1) is 17.1. The molecule has 0 aromatic carbocycles. The molecule has 0 unspecified atom stereocenters. The number of hydrogen-bond acceptors (Lipinski definition) is 3. The molecule has 1 heterocycles. The van der Waals surface area contributed by atoms with Crippen LogP contribution in [0.25, 0.3) is 0 Å². The quantitative estimate of drug-likeness (QED) is 0.695. The fraction of sp³-hybridized carbons (Fsp3) is 0.875. The minimum Gasteiger partial charge on any atom is -0.465 e. The van der Waals surface area contributed by atoms with Crippen LogP contribution in [-0.2, 0) is 4.79 Å². The zero-order chi connectivity index (χ0) is 16.3. The molecular weight excluding hydrogens is 282 g/mol. The summed E-state index contributed by atoms with van der Waals surface area (Å²) in [7, 11) is 0. The van der Waals surface area contributed by atoms with E-state index in [0.29, 0.717) is 31.8 Å². The number of rotatable bonds is 3. The molecular formula is C16H29N3O3. The Morgan fingerprint density at radius 3 is 2.18 bits per heavy atom. The van der Waals surface area contributed by atoms with Gasteiger partial charge in [-0.2, -0.15) is 0 Å². The van der Waals surface area contributed by atoms with E-state index in [-0.39, 0.29) is 11.8 Å². The maximum Gasteiger partial charge on any atom is 0.407 e. The van der Waals surface area contributed by atoms with Crippen molar-refractivity contribution in [3.05, 3.63) is 0 Å². The molecule has 6 nitrogen and oxygen atoms in total. The molecule has 0 bridgehead atoms. The van der Waals surface area contributed by atoms with Gasteiger partial charge < -0.3 is 21.1 Å². The first-order valence-electron chi connectivity index (χ1n) is 8.39. The summed E-state index contributed by atoms with van der Waals surface area (Å²) in [5.74, 6) is 1.53. The zero-order valence-corrected chi connectivity index (χ0v) is 13.7. The second-order valence-electron chi connectivity index (χ2n) is 7.27. The van der Waals surface area contributed by atoms with E-state index in [4.69, 9.17) is 10.8 Å². The van der Waals surface area contributed by atoms with Crippen molar-refractivity contribution in [2.75, 3.05) is 13.1 Å². The molecule has 4 N–H and O–H groups in total. The lowest BCUT2D eigenvalue weighted by Gasteiger charge is -2.40. The summed E-state index contributed by atoms with van der Waals surface area (Å²) in [6.45, 7) is 5.25. The summed E-state index contributed by atoms with van der Waals surface area (Å²) in [6, 6.07) is 0. The summed E-state index contributed by atoms with van der Waals surface area (Å²) < 4.78 is 0. The molecule has 2 fully saturated rings. The van der Waals surface area contributed by atoms with Crippen molar-refractivity contribution in [2.45, 2.75) is 58.0 Å². The Bertz CT molecular complexity index is 409. The maximum atomic E-state index is 12.4. The first-order valence-corrected chi connectivity index (χ1v) is 8.39. The topological polar surface area (TPSA) is 95.7 Å². The third kappa shape index (κ3) is 4.12. The van der Waals surface area contributed by atoms with Crippen LogP contribution < -0.4 is 11.1 Å². The summed E-state index contributed by atoms with van der Waals surface area (Å²) in [6.07, 6.45) is 4.14. The Kier molecular flexibility index (Phi) is 5.32. The van der Waals surface area contributed by atoms with Crippen LogP contribution in [0.15, 0.2) is 0 Å². The number of carbonyl (C=O) groups excluding carboxylic acids is 1. The Hall–Kier alpha value is -1.30. The Labute approximate surface area is 132 Å². The molecule has 1 saturated heterocycles. The van der Waals surface area contributed by atoms with Crippen LogP contribution in [0.3, 0.4) is 0 Å². The number of amides is 2. The van der Waals surface area contributed by atoms with E-state index in [9.17, 15) is 9.59 Å². The number of nitrogens with one attached hydrogen (secondary N) is 1. The van der Waals surface area contributed by atoms with E-state index < -0.39 is 11.8 Å². The van der Waals surface area contributed by atoms with E-state index in [1.165, 1.54) is 4.90 Å². The van der Waals surface area contributed by atoms with Gasteiger partial charge in [0.05, 0.1) is 5.66 Å². The minimum atomic E-state index is -0.916. The molecule has 1 aliphatic heterocycles. The van der Waals surface area contributed by atoms with Gasteiger partial charge in [-0.15, -0.1) is 0 Å². The summed E-state index contributed by atoms with van der Waals surface area (Å²) in [5.41, 5.74) is 5.50. The third-order valence-corrected chi connectivity index (χ3v) is 5.38. The zero-order valence-electron chi connectivity index (χ0n) is 13.7. The lowest BCUT2D eigenvalue weighted by Crippen LogP contribution is -2.62. The first-order chi connectivity index (χ1) is 10.3. The average Bonchev–Trinajstić information content (AvgIpc) is 2.47. The summed E-state index contributed by atoms with van der Waals surface area (Å²) >= 11 is 0. The average molecular weight is 311 g/mol. The van der Waals surface area contributed by atoms with Crippen LogP contribution in [0.5, 0.6) is 0 Å². The van der Waals surface area contributed by atoms with Crippen molar-refractivity contribution in [1.29, 1.82) is 0 Å². The second-order valence-corrected chi connectivity index (χ2v) is 7.27. The molecule has 0 atom stereocenters. The molecule has 2 rings (SSSR count). The van der Waals surface area contributed by atoms with Gasteiger partial charge in [0.15, 0.2) is 0 Å². The van der Waals surface area contributed by atoms with Crippen molar-refractivity contribution < 1.29 is 14.7 Å². The predicted molar refractivity (Wildman–Crippen MR) is 84.2 cm³/mol. The van der Waals surface area contributed by atoms with Gasteiger partial charge in [-0.05, 0) is 37.5 Å². The van der Waals surface area contributed by atoms with Gasteiger partial charge in [-0.3, -0.25) is 4.79 Å². The number of hydrogen-bond donors (Lipinski definition) is 3. The lowest BCUT2D eigenvalue weighted by atomic mass is 9.76. The lowest BCUT2D eigenvalue weighted by molar-refractivity contribution is -0.128. The van der Waals surface area contributed by atoms with Gasteiger partial charge in [-0.1, -0.05) is 13.8 Å². The molecule has 2 amide bonds. The van der Waals surface area contributed by atoms with E-state index in [1.807, 2.05) is 0 Å². The van der Waals surface area contributed by atoms with Gasteiger partial charge in [0, 0.05) is 31.8 Å². The molecule has 0 aromatic rings. The number of carboxylic acid groups (broad SMARTS) is 1. The summed E-state index contributed by atoms with van der Waals surface area (Å²) in [4.78, 5) is 24.7. The molecule has 0 spiro atoms. The SMILES string of the molecule is CC(C)C1CCC(C(=O)NC2(N)CCN(C(=O)O)CC2)CC1. The van der Waals surface area contributed by atoms with Crippen LogP contribution in [0, 0.1) is 17.8 Å². The molecule has 126 valence electrons. The predicted octanol–water partition coefficient (Wildman–Crippen LogP) is 1.99. The van der Waals surface area contributed by atoms with Crippen LogP contribution in [0.4, 0.5) is 4.79 Å². The fourth-order valence-electron chi connectivity index (χ4n) is 3.62. The van der Waals surface area contributed by atoms with Crippen LogP contribution in [0.2, 0.25) is 0 Å². The molecule has 22 heavy (non-hydrogen) atoms. The smallest absolute Gasteiger partial charge is 0.407 e. The molecule has 0 radical (unpaired) electrons.